The van der Waals surface area contributed by atoms with Crippen LogP contribution in [0.3, 0.4) is 0 Å². The molecule has 0 radical (unpaired) electrons. The number of ether oxygens (including phenoxy) is 1. The SMILES string of the molecule is CCc1ccc(C(CN2CCOC3CCCC32)NC)cc1. The van der Waals surface area contributed by atoms with Gasteiger partial charge in [-0.2, -0.15) is 0 Å². The first kappa shape index (κ1) is 15.0. The zero-order valence-electron chi connectivity index (χ0n) is 13.3. The number of rotatable bonds is 5. The first-order chi connectivity index (χ1) is 10.3. The van der Waals surface area contributed by atoms with E-state index < -0.39 is 0 Å². The van der Waals surface area contributed by atoms with Crippen LogP contribution in [0, 0.1) is 0 Å². The molecule has 1 aliphatic heterocycles. The average molecular weight is 288 g/mol. The van der Waals surface area contributed by atoms with Gasteiger partial charge in [0, 0.05) is 25.2 Å². The van der Waals surface area contributed by atoms with Gasteiger partial charge < -0.3 is 10.1 Å². The molecule has 1 heterocycles. The summed E-state index contributed by atoms with van der Waals surface area (Å²) in [5.74, 6) is 0. The van der Waals surface area contributed by atoms with E-state index in [1.165, 1.54) is 30.4 Å². The van der Waals surface area contributed by atoms with Gasteiger partial charge in [-0.05, 0) is 43.9 Å². The molecule has 0 bridgehead atoms. The van der Waals surface area contributed by atoms with Gasteiger partial charge in [0.05, 0.1) is 12.7 Å². The van der Waals surface area contributed by atoms with Gasteiger partial charge in [0.25, 0.3) is 0 Å². The summed E-state index contributed by atoms with van der Waals surface area (Å²) in [6.45, 7) is 5.27. The molecule has 21 heavy (non-hydrogen) atoms. The van der Waals surface area contributed by atoms with Crippen LogP contribution in [-0.2, 0) is 11.2 Å². The number of morpholine rings is 1. The van der Waals surface area contributed by atoms with Crippen LogP contribution in [0.25, 0.3) is 0 Å². The fourth-order valence-electron chi connectivity index (χ4n) is 3.82. The zero-order chi connectivity index (χ0) is 14.7. The van der Waals surface area contributed by atoms with Crippen molar-refractivity contribution in [3.8, 4) is 0 Å². The molecule has 3 atom stereocenters. The normalized spacial score (nSPS) is 27.5. The van der Waals surface area contributed by atoms with Gasteiger partial charge in [0.15, 0.2) is 0 Å². The van der Waals surface area contributed by atoms with Gasteiger partial charge in [0.1, 0.15) is 0 Å². The predicted molar refractivity (Wildman–Crippen MR) is 86.6 cm³/mol. The first-order valence-electron chi connectivity index (χ1n) is 8.43. The second kappa shape index (κ2) is 6.91. The van der Waals surface area contributed by atoms with E-state index in [9.17, 15) is 0 Å². The summed E-state index contributed by atoms with van der Waals surface area (Å²) in [7, 11) is 2.07. The van der Waals surface area contributed by atoms with Crippen LogP contribution in [0.4, 0.5) is 0 Å². The Bertz CT molecular complexity index is 445. The van der Waals surface area contributed by atoms with Crippen LogP contribution in [0.15, 0.2) is 24.3 Å². The lowest BCUT2D eigenvalue weighted by molar-refractivity contribution is -0.0580. The number of benzene rings is 1. The molecule has 0 amide bonds. The van der Waals surface area contributed by atoms with Crippen molar-refractivity contribution in [2.24, 2.45) is 0 Å². The van der Waals surface area contributed by atoms with Gasteiger partial charge in [-0.25, -0.2) is 0 Å². The Morgan fingerprint density at radius 1 is 1.29 bits per heavy atom. The van der Waals surface area contributed by atoms with Crippen molar-refractivity contribution in [3.63, 3.8) is 0 Å². The summed E-state index contributed by atoms with van der Waals surface area (Å²) in [6, 6.07) is 10.1. The second-order valence-electron chi connectivity index (χ2n) is 6.34. The maximum Gasteiger partial charge on any atom is 0.0730 e. The maximum atomic E-state index is 5.92. The molecule has 3 rings (SSSR count). The fraction of sp³-hybridized carbons (Fsp3) is 0.667. The third kappa shape index (κ3) is 3.31. The number of aryl methyl sites for hydroxylation is 1. The molecule has 1 aliphatic carbocycles. The number of nitrogens with one attached hydrogen (secondary N) is 1. The smallest absolute Gasteiger partial charge is 0.0730 e. The number of likely N-dealkylation sites (N-methyl/N-ethyl adjacent to an activating group) is 1. The Morgan fingerprint density at radius 2 is 2.10 bits per heavy atom. The van der Waals surface area contributed by atoms with Crippen molar-refractivity contribution < 1.29 is 4.74 Å². The van der Waals surface area contributed by atoms with E-state index >= 15 is 0 Å². The Balaban J connectivity index is 1.68. The molecule has 3 heteroatoms. The maximum absolute atomic E-state index is 5.92. The summed E-state index contributed by atoms with van der Waals surface area (Å²) in [5.41, 5.74) is 2.81. The molecule has 2 aliphatic rings. The predicted octanol–water partition coefficient (Wildman–Crippen LogP) is 2.76. The highest BCUT2D eigenvalue weighted by molar-refractivity contribution is 5.25. The highest BCUT2D eigenvalue weighted by Gasteiger charge is 2.36. The Hall–Kier alpha value is -0.900. The van der Waals surface area contributed by atoms with E-state index in [1.54, 1.807) is 0 Å². The van der Waals surface area contributed by atoms with Crippen molar-refractivity contribution >= 4 is 0 Å². The second-order valence-corrected chi connectivity index (χ2v) is 6.34. The highest BCUT2D eigenvalue weighted by atomic mass is 16.5. The largest absolute Gasteiger partial charge is 0.375 e. The van der Waals surface area contributed by atoms with Crippen LogP contribution in [0.5, 0.6) is 0 Å². The molecule has 1 N–H and O–H groups in total. The summed E-state index contributed by atoms with van der Waals surface area (Å²) in [4.78, 5) is 2.65. The van der Waals surface area contributed by atoms with Crippen LogP contribution >= 0.6 is 0 Å². The Morgan fingerprint density at radius 3 is 2.81 bits per heavy atom. The van der Waals surface area contributed by atoms with E-state index in [-0.39, 0.29) is 0 Å². The Kier molecular flexibility index (Phi) is 4.94. The third-order valence-electron chi connectivity index (χ3n) is 5.15. The lowest BCUT2D eigenvalue weighted by Crippen LogP contribution is -2.50. The van der Waals surface area contributed by atoms with E-state index in [4.69, 9.17) is 4.74 Å². The van der Waals surface area contributed by atoms with Crippen molar-refractivity contribution in [1.29, 1.82) is 0 Å². The quantitative estimate of drug-likeness (QED) is 0.901. The summed E-state index contributed by atoms with van der Waals surface area (Å²) in [6.07, 6.45) is 5.46. The molecule has 1 aromatic carbocycles. The molecule has 116 valence electrons. The lowest BCUT2D eigenvalue weighted by atomic mass is 10.0. The molecule has 3 unspecified atom stereocenters. The summed E-state index contributed by atoms with van der Waals surface area (Å²) >= 11 is 0. The van der Waals surface area contributed by atoms with E-state index in [0.29, 0.717) is 18.2 Å². The third-order valence-corrected chi connectivity index (χ3v) is 5.15. The van der Waals surface area contributed by atoms with E-state index in [1.807, 2.05) is 0 Å². The lowest BCUT2D eigenvalue weighted by Gasteiger charge is -2.39. The van der Waals surface area contributed by atoms with Gasteiger partial charge in [0.2, 0.25) is 0 Å². The average Bonchev–Trinajstić information content (AvgIpc) is 3.02. The highest BCUT2D eigenvalue weighted by Crippen LogP contribution is 2.30. The van der Waals surface area contributed by atoms with Crippen LogP contribution in [0.2, 0.25) is 0 Å². The summed E-state index contributed by atoms with van der Waals surface area (Å²) in [5, 5.41) is 3.50. The molecule has 1 saturated carbocycles. The Labute approximate surface area is 128 Å². The molecule has 0 aromatic heterocycles. The van der Waals surface area contributed by atoms with Crippen molar-refractivity contribution in [2.45, 2.75) is 50.8 Å². The zero-order valence-corrected chi connectivity index (χ0v) is 13.3. The van der Waals surface area contributed by atoms with Gasteiger partial charge in [-0.15, -0.1) is 0 Å². The monoisotopic (exact) mass is 288 g/mol. The number of nitrogens with zero attached hydrogens (tertiary/aromatic N) is 1. The molecule has 1 saturated heterocycles. The van der Waals surface area contributed by atoms with Gasteiger partial charge in [-0.3, -0.25) is 4.90 Å². The molecular weight excluding hydrogens is 260 g/mol. The standard InChI is InChI=1S/C18H28N2O/c1-3-14-7-9-15(10-8-14)16(19-2)13-20-11-12-21-18-6-4-5-17(18)20/h7-10,16-19H,3-6,11-13H2,1-2H3. The topological polar surface area (TPSA) is 24.5 Å². The molecule has 0 spiro atoms. The minimum Gasteiger partial charge on any atom is -0.375 e. The van der Waals surface area contributed by atoms with Gasteiger partial charge >= 0.3 is 0 Å². The van der Waals surface area contributed by atoms with Crippen LogP contribution in [0.1, 0.15) is 43.4 Å². The minimum atomic E-state index is 0.412. The first-order valence-corrected chi connectivity index (χ1v) is 8.43. The van der Waals surface area contributed by atoms with Gasteiger partial charge in [-0.1, -0.05) is 31.2 Å². The van der Waals surface area contributed by atoms with Crippen molar-refractivity contribution in [1.82, 2.24) is 10.2 Å². The number of hydrogen-bond acceptors (Lipinski definition) is 3. The molecule has 1 aromatic rings. The van der Waals surface area contributed by atoms with E-state index in [0.717, 1.165) is 26.1 Å². The van der Waals surface area contributed by atoms with Crippen LogP contribution in [-0.4, -0.2) is 43.8 Å². The van der Waals surface area contributed by atoms with E-state index in [2.05, 4.69) is 48.5 Å². The number of hydrogen-bond donors (Lipinski definition) is 1. The van der Waals surface area contributed by atoms with Crippen molar-refractivity contribution in [3.05, 3.63) is 35.4 Å². The van der Waals surface area contributed by atoms with Crippen LogP contribution < -0.4 is 5.32 Å². The molecular formula is C18H28N2O. The minimum absolute atomic E-state index is 0.412. The molecule has 3 nitrogen and oxygen atoms in total. The fourth-order valence-corrected chi connectivity index (χ4v) is 3.82. The molecule has 2 fully saturated rings. The number of fused-ring (bicyclic) bond motifs is 1. The summed E-state index contributed by atoms with van der Waals surface area (Å²) < 4.78 is 5.92. The van der Waals surface area contributed by atoms with Crippen molar-refractivity contribution in [2.75, 3.05) is 26.7 Å².